The molecule has 23 heavy (non-hydrogen) atoms. The highest BCUT2D eigenvalue weighted by Gasteiger charge is 2.32. The predicted octanol–water partition coefficient (Wildman–Crippen LogP) is 4.10. The van der Waals surface area contributed by atoms with E-state index in [1.54, 1.807) is 18.2 Å². The topological polar surface area (TPSA) is 88.5 Å². The Morgan fingerprint density at radius 1 is 1.30 bits per heavy atom. The molecule has 4 N–H and O–H groups in total. The average Bonchev–Trinajstić information content (AvgIpc) is 2.86. The van der Waals surface area contributed by atoms with Crippen LogP contribution in [-0.4, -0.2) is 19.0 Å². The van der Waals surface area contributed by atoms with E-state index in [2.05, 4.69) is 13.2 Å². The molecule has 0 aliphatic carbocycles. The molecule has 0 fully saturated rings. The first-order valence-electron chi connectivity index (χ1n) is 6.28. The third kappa shape index (κ3) is 2.79. The Bertz CT molecular complexity index is 856. The standard InChI is InChI=1S/C15H14F2N2O3S/c1-3-11(17)14(9(2)16)23(21,22)19-12-7-5-4-6-10(12)8-13(19)15(18)20/h3-8,21-22H,1-2H2,(H2,18,20)/b14-11-. The summed E-state index contributed by atoms with van der Waals surface area (Å²) >= 11 is 0. The molecule has 1 amide bonds. The summed E-state index contributed by atoms with van der Waals surface area (Å²) < 4.78 is 49.2. The molecule has 5 nitrogen and oxygen atoms in total. The van der Waals surface area contributed by atoms with Gasteiger partial charge in [-0.15, -0.1) is 0 Å². The minimum absolute atomic E-state index is 0.178. The predicted molar refractivity (Wildman–Crippen MR) is 87.3 cm³/mol. The lowest BCUT2D eigenvalue weighted by atomic mass is 10.2. The zero-order chi connectivity index (χ0) is 17.4. The number of hydrogen-bond donors (Lipinski definition) is 3. The van der Waals surface area contributed by atoms with E-state index in [9.17, 15) is 22.7 Å². The summed E-state index contributed by atoms with van der Waals surface area (Å²) in [6.45, 7) is 6.04. The molecule has 0 spiro atoms. The van der Waals surface area contributed by atoms with Crippen molar-refractivity contribution in [1.82, 2.24) is 3.97 Å². The molecule has 0 saturated heterocycles. The molecule has 0 radical (unpaired) electrons. The van der Waals surface area contributed by atoms with E-state index < -0.39 is 33.2 Å². The van der Waals surface area contributed by atoms with Crippen molar-refractivity contribution in [2.75, 3.05) is 0 Å². The smallest absolute Gasteiger partial charge is 0.267 e. The van der Waals surface area contributed by atoms with Crippen LogP contribution in [0.2, 0.25) is 0 Å². The molecule has 0 saturated carbocycles. The van der Waals surface area contributed by atoms with Gasteiger partial charge >= 0.3 is 0 Å². The van der Waals surface area contributed by atoms with Crippen molar-refractivity contribution in [3.05, 3.63) is 71.8 Å². The second-order valence-corrected chi connectivity index (χ2v) is 6.36. The van der Waals surface area contributed by atoms with Gasteiger partial charge in [0.05, 0.1) is 5.52 Å². The number of primary amides is 1. The van der Waals surface area contributed by atoms with Gasteiger partial charge in [-0.05, 0) is 18.2 Å². The van der Waals surface area contributed by atoms with Gasteiger partial charge in [0.25, 0.3) is 5.91 Å². The number of nitrogens with two attached hydrogens (primary N) is 1. The Kier molecular flexibility index (Phi) is 4.42. The molecule has 1 aromatic carbocycles. The van der Waals surface area contributed by atoms with E-state index >= 15 is 0 Å². The first-order chi connectivity index (χ1) is 10.7. The van der Waals surface area contributed by atoms with Crippen molar-refractivity contribution in [3.8, 4) is 0 Å². The van der Waals surface area contributed by atoms with Crippen LogP contribution < -0.4 is 5.73 Å². The molecule has 0 aliphatic rings. The average molecular weight is 340 g/mol. The van der Waals surface area contributed by atoms with Crippen LogP contribution in [0.5, 0.6) is 0 Å². The van der Waals surface area contributed by atoms with Crippen LogP contribution in [0, 0.1) is 0 Å². The van der Waals surface area contributed by atoms with Gasteiger partial charge in [0.15, 0.2) is 10.7 Å². The van der Waals surface area contributed by atoms with Crippen molar-refractivity contribution < 1.29 is 22.7 Å². The second-order valence-electron chi connectivity index (χ2n) is 4.55. The molecule has 2 rings (SSSR count). The molecule has 0 aliphatic heterocycles. The van der Waals surface area contributed by atoms with Crippen LogP contribution in [-0.2, 0) is 0 Å². The highest BCUT2D eigenvalue weighted by atomic mass is 32.3. The maximum absolute atomic E-state index is 13.9. The Morgan fingerprint density at radius 2 is 1.91 bits per heavy atom. The Labute approximate surface area is 132 Å². The summed E-state index contributed by atoms with van der Waals surface area (Å²) in [7, 11) is -4.30. The van der Waals surface area contributed by atoms with Gasteiger partial charge < -0.3 is 5.73 Å². The van der Waals surface area contributed by atoms with Crippen molar-refractivity contribution in [2.24, 2.45) is 5.73 Å². The van der Waals surface area contributed by atoms with Gasteiger partial charge in [-0.3, -0.25) is 13.9 Å². The lowest BCUT2D eigenvalue weighted by Gasteiger charge is -2.36. The molecular formula is C15H14F2N2O3S. The third-order valence-electron chi connectivity index (χ3n) is 3.09. The molecular weight excluding hydrogens is 326 g/mol. The van der Waals surface area contributed by atoms with Crippen LogP contribution in [0.3, 0.4) is 0 Å². The third-order valence-corrected chi connectivity index (χ3v) is 4.96. The van der Waals surface area contributed by atoms with Crippen molar-refractivity contribution in [3.63, 3.8) is 0 Å². The second kappa shape index (κ2) is 5.99. The van der Waals surface area contributed by atoms with Gasteiger partial charge in [-0.1, -0.05) is 42.1 Å². The van der Waals surface area contributed by atoms with Gasteiger partial charge in [-0.2, -0.15) is 0 Å². The lowest BCUT2D eigenvalue weighted by molar-refractivity contribution is 0.0994. The van der Waals surface area contributed by atoms with Gasteiger partial charge in [0.1, 0.15) is 11.5 Å². The quantitative estimate of drug-likeness (QED) is 0.716. The Hall–Kier alpha value is -2.42. The monoisotopic (exact) mass is 340 g/mol. The first-order valence-corrected chi connectivity index (χ1v) is 7.78. The summed E-state index contributed by atoms with van der Waals surface area (Å²) in [5, 5.41) is 0.448. The molecule has 1 aromatic heterocycles. The number of allylic oxidation sites excluding steroid dienone is 3. The fourth-order valence-corrected chi connectivity index (χ4v) is 3.85. The minimum atomic E-state index is -4.30. The number of carbonyl (C=O) groups excluding carboxylic acids is 1. The summed E-state index contributed by atoms with van der Waals surface area (Å²) in [6, 6.07) is 7.57. The van der Waals surface area contributed by atoms with E-state index in [4.69, 9.17) is 5.73 Å². The molecule has 0 unspecified atom stereocenters. The number of fused-ring (bicyclic) bond motifs is 1. The Balaban J connectivity index is 2.90. The number of halogens is 2. The van der Waals surface area contributed by atoms with Crippen molar-refractivity contribution in [1.29, 1.82) is 0 Å². The number of amides is 1. The molecule has 8 heteroatoms. The van der Waals surface area contributed by atoms with E-state index in [0.717, 1.165) is 0 Å². The summed E-state index contributed by atoms with van der Waals surface area (Å²) in [6.07, 6.45) is 0.615. The van der Waals surface area contributed by atoms with E-state index in [1.807, 2.05) is 0 Å². The maximum Gasteiger partial charge on any atom is 0.267 e. The van der Waals surface area contributed by atoms with Gasteiger partial charge in [-0.25, -0.2) is 12.8 Å². The molecule has 2 aromatic rings. The molecule has 0 bridgehead atoms. The van der Waals surface area contributed by atoms with E-state index in [-0.39, 0.29) is 11.2 Å². The Morgan fingerprint density at radius 3 is 2.43 bits per heavy atom. The summed E-state index contributed by atoms with van der Waals surface area (Å²) in [5.74, 6) is -3.68. The molecule has 0 atom stereocenters. The maximum atomic E-state index is 13.9. The number of hydrogen-bond acceptors (Lipinski definition) is 3. The summed E-state index contributed by atoms with van der Waals surface area (Å²) in [5.41, 5.74) is 5.12. The fraction of sp³-hybridized carbons (Fsp3) is 0. The van der Waals surface area contributed by atoms with Crippen molar-refractivity contribution in [2.45, 2.75) is 0 Å². The fourth-order valence-electron chi connectivity index (χ4n) is 2.17. The lowest BCUT2D eigenvalue weighted by Crippen LogP contribution is -2.21. The zero-order valence-electron chi connectivity index (χ0n) is 11.9. The van der Waals surface area contributed by atoms with Crippen molar-refractivity contribution >= 4 is 27.6 Å². The van der Waals surface area contributed by atoms with E-state index in [0.29, 0.717) is 15.4 Å². The van der Waals surface area contributed by atoms with Crippen LogP contribution in [0.4, 0.5) is 8.78 Å². The number of rotatable bonds is 5. The zero-order valence-corrected chi connectivity index (χ0v) is 12.7. The van der Waals surface area contributed by atoms with Crippen LogP contribution in [0.15, 0.2) is 66.1 Å². The van der Waals surface area contributed by atoms with Crippen LogP contribution in [0.1, 0.15) is 10.5 Å². The number of carbonyl (C=O) groups is 1. The largest absolute Gasteiger partial charge is 0.364 e. The minimum Gasteiger partial charge on any atom is -0.364 e. The normalized spacial score (nSPS) is 13.6. The van der Waals surface area contributed by atoms with Gasteiger partial charge in [0.2, 0.25) is 0 Å². The van der Waals surface area contributed by atoms with E-state index in [1.165, 1.54) is 12.1 Å². The van der Waals surface area contributed by atoms with Gasteiger partial charge in [0, 0.05) is 5.39 Å². The summed E-state index contributed by atoms with van der Waals surface area (Å²) in [4.78, 5) is 10.5. The molecule has 122 valence electrons. The highest BCUT2D eigenvalue weighted by Crippen LogP contribution is 2.56. The first kappa shape index (κ1) is 16.9. The number of nitrogens with zero attached hydrogens (tertiary/aromatic N) is 1. The SMILES string of the molecule is C=C/C(F)=C(\C(=C)F)S(O)(O)n1c(C(N)=O)cc2ccccc21. The van der Waals surface area contributed by atoms with Crippen LogP contribution >= 0.6 is 10.8 Å². The highest BCUT2D eigenvalue weighted by molar-refractivity contribution is 8.26. The number of benzene rings is 1. The molecule has 1 heterocycles. The number of para-hydroxylation sites is 1. The number of aromatic nitrogens is 1. The van der Waals surface area contributed by atoms with Crippen LogP contribution in [0.25, 0.3) is 10.9 Å².